The molecule has 0 saturated heterocycles. The average Bonchev–Trinajstić information content (AvgIpc) is 2.71. The van der Waals surface area contributed by atoms with Gasteiger partial charge in [0.2, 0.25) is 0 Å². The van der Waals surface area contributed by atoms with Crippen LogP contribution in [-0.4, -0.2) is 10.7 Å². The van der Waals surface area contributed by atoms with E-state index in [4.69, 9.17) is 4.74 Å². The molecule has 1 unspecified atom stereocenters. The lowest BCUT2D eigenvalue weighted by atomic mass is 9.96. The molecule has 2 nitrogen and oxygen atoms in total. The molecule has 20 heavy (non-hydrogen) atoms. The van der Waals surface area contributed by atoms with Crippen molar-refractivity contribution in [2.75, 3.05) is 0 Å². The average molecular weight is 333 g/mol. The van der Waals surface area contributed by atoms with E-state index >= 15 is 0 Å². The molecule has 0 saturated carbocycles. The highest BCUT2D eigenvalue weighted by Crippen LogP contribution is 2.37. The van der Waals surface area contributed by atoms with E-state index in [0.29, 0.717) is 0 Å². The van der Waals surface area contributed by atoms with E-state index in [2.05, 4.69) is 35.8 Å². The van der Waals surface area contributed by atoms with Gasteiger partial charge < -0.3 is 9.84 Å². The van der Waals surface area contributed by atoms with Gasteiger partial charge in [0.1, 0.15) is 17.5 Å². The first kappa shape index (κ1) is 13.7. The summed E-state index contributed by atoms with van der Waals surface area (Å²) in [6.07, 6.45) is 0.278. The van der Waals surface area contributed by atoms with Crippen LogP contribution in [0.2, 0.25) is 0 Å². The van der Waals surface area contributed by atoms with Gasteiger partial charge in [0.25, 0.3) is 0 Å². The largest absolute Gasteiger partial charge is 0.487 e. The lowest BCUT2D eigenvalue weighted by molar-refractivity contribution is 0.138. The van der Waals surface area contributed by atoms with E-state index in [0.717, 1.165) is 27.8 Å². The standard InChI is InChI=1S/C17H17BrO2/c1-17(2)10-13-9-12(5-8-15(13)20-17)16(19)11-3-6-14(18)7-4-11/h3-9,16,19H,10H2,1-2H3. The Morgan fingerprint density at radius 2 is 1.75 bits per heavy atom. The Labute approximate surface area is 127 Å². The molecule has 3 rings (SSSR count). The molecule has 0 amide bonds. The first-order valence-corrected chi connectivity index (χ1v) is 7.49. The molecule has 0 radical (unpaired) electrons. The molecule has 1 aliphatic rings. The highest BCUT2D eigenvalue weighted by molar-refractivity contribution is 9.10. The first-order valence-electron chi connectivity index (χ1n) is 6.70. The van der Waals surface area contributed by atoms with Crippen LogP contribution in [-0.2, 0) is 6.42 Å². The molecule has 0 aromatic heterocycles. The number of fused-ring (bicyclic) bond motifs is 1. The molecule has 1 atom stereocenters. The molecule has 1 heterocycles. The number of aliphatic hydroxyl groups excluding tert-OH is 1. The smallest absolute Gasteiger partial charge is 0.123 e. The van der Waals surface area contributed by atoms with E-state index in [1.165, 1.54) is 5.56 Å². The van der Waals surface area contributed by atoms with E-state index in [1.54, 1.807) is 0 Å². The minimum absolute atomic E-state index is 0.149. The van der Waals surface area contributed by atoms with Gasteiger partial charge in [0.05, 0.1) is 0 Å². The summed E-state index contributed by atoms with van der Waals surface area (Å²) in [7, 11) is 0. The van der Waals surface area contributed by atoms with Crippen LogP contribution in [0.4, 0.5) is 0 Å². The van der Waals surface area contributed by atoms with Crippen molar-refractivity contribution in [3.8, 4) is 5.75 Å². The minimum atomic E-state index is -0.600. The number of benzene rings is 2. The second kappa shape index (κ2) is 4.90. The number of hydrogen-bond donors (Lipinski definition) is 1. The normalized spacial score (nSPS) is 17.4. The van der Waals surface area contributed by atoms with E-state index in [-0.39, 0.29) is 5.60 Å². The molecule has 0 bridgehead atoms. The fraction of sp³-hybridized carbons (Fsp3) is 0.294. The third kappa shape index (κ3) is 2.60. The van der Waals surface area contributed by atoms with Crippen molar-refractivity contribution in [2.45, 2.75) is 32.0 Å². The lowest BCUT2D eigenvalue weighted by Crippen LogP contribution is -2.24. The Hall–Kier alpha value is -1.32. The fourth-order valence-electron chi connectivity index (χ4n) is 2.64. The van der Waals surface area contributed by atoms with Gasteiger partial charge in [0.15, 0.2) is 0 Å². The Kier molecular flexibility index (Phi) is 3.35. The van der Waals surface area contributed by atoms with Gasteiger partial charge in [-0.3, -0.25) is 0 Å². The third-order valence-electron chi connectivity index (χ3n) is 3.59. The summed E-state index contributed by atoms with van der Waals surface area (Å²) in [4.78, 5) is 0. The van der Waals surface area contributed by atoms with Crippen LogP contribution in [0, 0.1) is 0 Å². The Balaban J connectivity index is 1.90. The molecule has 0 spiro atoms. The van der Waals surface area contributed by atoms with Crippen molar-refractivity contribution in [1.29, 1.82) is 0 Å². The predicted octanol–water partition coefficient (Wildman–Crippen LogP) is 4.24. The summed E-state index contributed by atoms with van der Waals surface area (Å²) in [5.74, 6) is 0.932. The van der Waals surface area contributed by atoms with E-state index in [9.17, 15) is 5.11 Å². The number of ether oxygens (including phenoxy) is 1. The zero-order valence-electron chi connectivity index (χ0n) is 11.6. The van der Waals surface area contributed by atoms with Crippen molar-refractivity contribution >= 4 is 15.9 Å². The maximum atomic E-state index is 10.5. The molecule has 104 valence electrons. The number of halogens is 1. The van der Waals surface area contributed by atoms with Gasteiger partial charge >= 0.3 is 0 Å². The van der Waals surface area contributed by atoms with Gasteiger partial charge in [-0.05, 0) is 54.8 Å². The monoisotopic (exact) mass is 332 g/mol. The topological polar surface area (TPSA) is 29.5 Å². The summed E-state index contributed by atoms with van der Waals surface area (Å²) in [6, 6.07) is 13.7. The van der Waals surface area contributed by atoms with Crippen molar-refractivity contribution in [2.24, 2.45) is 0 Å². The Morgan fingerprint density at radius 1 is 1.10 bits per heavy atom. The zero-order valence-corrected chi connectivity index (χ0v) is 13.1. The summed E-state index contributed by atoms with van der Waals surface area (Å²) in [5, 5.41) is 10.5. The second-order valence-electron chi connectivity index (χ2n) is 5.86. The van der Waals surface area contributed by atoms with Gasteiger partial charge in [0, 0.05) is 10.9 Å². The number of aliphatic hydroxyl groups is 1. The van der Waals surface area contributed by atoms with E-state index in [1.807, 2.05) is 36.4 Å². The van der Waals surface area contributed by atoms with Crippen LogP contribution < -0.4 is 4.74 Å². The number of rotatable bonds is 2. The van der Waals surface area contributed by atoms with Gasteiger partial charge in [-0.1, -0.05) is 34.1 Å². The predicted molar refractivity (Wildman–Crippen MR) is 83.1 cm³/mol. The Bertz CT molecular complexity index is 632. The molecular formula is C17H17BrO2. The van der Waals surface area contributed by atoms with E-state index < -0.39 is 6.10 Å². The van der Waals surface area contributed by atoms with Crippen LogP contribution in [0.1, 0.15) is 36.6 Å². The fourth-order valence-corrected chi connectivity index (χ4v) is 2.90. The van der Waals surface area contributed by atoms with Crippen LogP contribution in [0.3, 0.4) is 0 Å². The third-order valence-corrected chi connectivity index (χ3v) is 4.12. The van der Waals surface area contributed by atoms with Crippen molar-refractivity contribution in [3.05, 3.63) is 63.6 Å². The van der Waals surface area contributed by atoms with Crippen LogP contribution >= 0.6 is 15.9 Å². The maximum absolute atomic E-state index is 10.5. The summed E-state index contributed by atoms with van der Waals surface area (Å²) in [5.41, 5.74) is 2.83. The Morgan fingerprint density at radius 3 is 2.45 bits per heavy atom. The van der Waals surface area contributed by atoms with Gasteiger partial charge in [-0.25, -0.2) is 0 Å². The second-order valence-corrected chi connectivity index (χ2v) is 6.78. The molecule has 2 aromatic carbocycles. The molecule has 1 N–H and O–H groups in total. The molecule has 1 aliphatic heterocycles. The van der Waals surface area contributed by atoms with Crippen LogP contribution in [0.15, 0.2) is 46.9 Å². The highest BCUT2D eigenvalue weighted by atomic mass is 79.9. The quantitative estimate of drug-likeness (QED) is 0.891. The van der Waals surface area contributed by atoms with Crippen molar-refractivity contribution < 1.29 is 9.84 Å². The first-order chi connectivity index (χ1) is 9.44. The lowest BCUT2D eigenvalue weighted by Gasteiger charge is -2.16. The summed E-state index contributed by atoms with van der Waals surface area (Å²) in [6.45, 7) is 4.16. The molecule has 0 fully saturated rings. The highest BCUT2D eigenvalue weighted by Gasteiger charge is 2.30. The summed E-state index contributed by atoms with van der Waals surface area (Å²) < 4.78 is 6.87. The molecule has 0 aliphatic carbocycles. The molecular weight excluding hydrogens is 316 g/mol. The SMILES string of the molecule is CC1(C)Cc2cc(C(O)c3ccc(Br)cc3)ccc2O1. The van der Waals surface area contributed by atoms with Gasteiger partial charge in [-0.15, -0.1) is 0 Å². The van der Waals surface area contributed by atoms with Crippen molar-refractivity contribution in [3.63, 3.8) is 0 Å². The molecule has 3 heteroatoms. The molecule has 2 aromatic rings. The number of hydrogen-bond acceptors (Lipinski definition) is 2. The van der Waals surface area contributed by atoms with Gasteiger partial charge in [-0.2, -0.15) is 0 Å². The van der Waals surface area contributed by atoms with Crippen molar-refractivity contribution in [1.82, 2.24) is 0 Å². The van der Waals surface area contributed by atoms with Crippen LogP contribution in [0.5, 0.6) is 5.75 Å². The maximum Gasteiger partial charge on any atom is 0.123 e. The minimum Gasteiger partial charge on any atom is -0.487 e. The summed E-state index contributed by atoms with van der Waals surface area (Å²) >= 11 is 3.41. The van der Waals surface area contributed by atoms with Crippen LogP contribution in [0.25, 0.3) is 0 Å². The zero-order chi connectivity index (χ0) is 14.3.